The Bertz CT molecular complexity index is 347. The van der Waals surface area contributed by atoms with Gasteiger partial charge in [-0.05, 0) is 25.5 Å². The Morgan fingerprint density at radius 3 is 2.80 bits per heavy atom. The highest BCUT2D eigenvalue weighted by molar-refractivity contribution is 6.25. The molecule has 0 amide bonds. The van der Waals surface area contributed by atoms with Gasteiger partial charge in [-0.3, -0.25) is 0 Å². The molecule has 0 unspecified atom stereocenters. The van der Waals surface area contributed by atoms with Crippen molar-refractivity contribution in [3.8, 4) is 5.75 Å². The molecular weight excluding hydrogens is 210 g/mol. The van der Waals surface area contributed by atoms with Crippen LogP contribution in [0.2, 0.25) is 0 Å². The summed E-state index contributed by atoms with van der Waals surface area (Å²) in [6, 6.07) is 7.75. The number of nitrogens with two attached hydrogens (primary N) is 1. The van der Waals surface area contributed by atoms with E-state index in [1.165, 1.54) is 5.54 Å². The Labute approximate surface area is 95.7 Å². The average Bonchev–Trinajstić information content (AvgIpc) is 2.26. The second-order valence-electron chi connectivity index (χ2n) is 3.57. The first-order valence-corrected chi connectivity index (χ1v) is 5.32. The summed E-state index contributed by atoms with van der Waals surface area (Å²) < 4.78 is 5.62. The molecule has 15 heavy (non-hydrogen) atoms. The summed E-state index contributed by atoms with van der Waals surface area (Å²) in [5.41, 5.74) is 9.35. The minimum atomic E-state index is -0.0264. The molecule has 3 heteroatoms. The number of para-hydroxylation sites is 1. The lowest BCUT2D eigenvalue weighted by Gasteiger charge is -2.13. The van der Waals surface area contributed by atoms with Gasteiger partial charge in [0.2, 0.25) is 0 Å². The largest absolute Gasteiger partial charge is 0.489 e. The van der Waals surface area contributed by atoms with Gasteiger partial charge in [0, 0.05) is 17.1 Å². The third-order valence-corrected chi connectivity index (χ3v) is 2.42. The Morgan fingerprint density at radius 1 is 1.53 bits per heavy atom. The maximum absolute atomic E-state index is 5.83. The summed E-state index contributed by atoms with van der Waals surface area (Å²) >= 11 is 5.55. The van der Waals surface area contributed by atoms with Crippen LogP contribution in [0.1, 0.15) is 25.5 Å². The smallest absolute Gasteiger partial charge is 0.124 e. The first-order valence-electron chi connectivity index (χ1n) is 4.88. The van der Waals surface area contributed by atoms with Gasteiger partial charge < -0.3 is 10.5 Å². The fraction of sp³-hybridized carbons (Fsp3) is 0.333. The van der Waals surface area contributed by atoms with Crippen molar-refractivity contribution in [2.75, 3.05) is 6.61 Å². The predicted octanol–water partition coefficient (Wildman–Crippen LogP) is 3.23. The van der Waals surface area contributed by atoms with Crippen molar-refractivity contribution in [1.82, 2.24) is 0 Å². The first kappa shape index (κ1) is 12.1. The number of benzene rings is 1. The Hall–Kier alpha value is -0.990. The molecule has 0 aliphatic carbocycles. The van der Waals surface area contributed by atoms with Gasteiger partial charge in [-0.15, -0.1) is 0 Å². The van der Waals surface area contributed by atoms with E-state index in [-0.39, 0.29) is 6.04 Å². The molecule has 2 N–H and O–H groups in total. The number of hydrogen-bond donors (Lipinski definition) is 1. The zero-order chi connectivity index (χ0) is 11.3. The van der Waals surface area contributed by atoms with Crippen molar-refractivity contribution in [2.45, 2.75) is 19.9 Å². The summed E-state index contributed by atoms with van der Waals surface area (Å²) in [4.78, 5) is 0. The highest BCUT2D eigenvalue weighted by Crippen LogP contribution is 2.23. The van der Waals surface area contributed by atoms with E-state index in [2.05, 4.69) is 0 Å². The van der Waals surface area contributed by atoms with Gasteiger partial charge in [0.15, 0.2) is 0 Å². The van der Waals surface area contributed by atoms with Crippen LogP contribution < -0.4 is 10.5 Å². The first-order chi connectivity index (χ1) is 7.15. The lowest BCUT2D eigenvalue weighted by atomic mass is 10.1. The molecule has 0 aromatic heterocycles. The van der Waals surface area contributed by atoms with E-state index < -0.39 is 0 Å². The average molecular weight is 226 g/mol. The molecule has 0 saturated heterocycles. The van der Waals surface area contributed by atoms with Crippen LogP contribution in [0.4, 0.5) is 0 Å². The second-order valence-corrected chi connectivity index (χ2v) is 3.79. The van der Waals surface area contributed by atoms with E-state index in [1.807, 2.05) is 38.1 Å². The molecule has 1 aromatic carbocycles. The highest BCUT2D eigenvalue weighted by atomic mass is 35.5. The number of ether oxygens (including phenoxy) is 1. The lowest BCUT2D eigenvalue weighted by molar-refractivity contribution is 0.346. The fourth-order valence-electron chi connectivity index (χ4n) is 1.21. The second kappa shape index (κ2) is 5.79. The molecule has 1 rings (SSSR count). The molecule has 1 aromatic rings. The van der Waals surface area contributed by atoms with Crippen LogP contribution in [0.15, 0.2) is 35.4 Å². The van der Waals surface area contributed by atoms with Crippen molar-refractivity contribution in [3.05, 3.63) is 40.9 Å². The van der Waals surface area contributed by atoms with Crippen LogP contribution in [-0.2, 0) is 0 Å². The Balaban J connectivity index is 2.76. The molecule has 0 fully saturated rings. The molecule has 0 radical (unpaired) electrons. The van der Waals surface area contributed by atoms with Crippen molar-refractivity contribution in [1.29, 1.82) is 0 Å². The molecule has 0 spiro atoms. The minimum absolute atomic E-state index is 0.0264. The van der Waals surface area contributed by atoms with Crippen molar-refractivity contribution < 1.29 is 4.74 Å². The Kier molecular flexibility index (Phi) is 4.66. The quantitative estimate of drug-likeness (QED) is 0.854. The van der Waals surface area contributed by atoms with Crippen LogP contribution in [0.5, 0.6) is 5.75 Å². The lowest BCUT2D eigenvalue weighted by Crippen LogP contribution is -2.08. The Morgan fingerprint density at radius 2 is 2.20 bits per heavy atom. The summed E-state index contributed by atoms with van der Waals surface area (Å²) in [5, 5.41) is 0. The van der Waals surface area contributed by atoms with Crippen LogP contribution in [0.25, 0.3) is 0 Å². The standard InChI is InChI=1S/C12H16ClNO/c1-9(7-13)8-15-12-6-4-3-5-11(12)10(2)14/h3-7,10H,8,14H2,1-2H3/b9-7+/t10-/m1/s1. The van der Waals surface area contributed by atoms with E-state index in [4.69, 9.17) is 22.1 Å². The predicted molar refractivity (Wildman–Crippen MR) is 64.1 cm³/mol. The van der Waals surface area contributed by atoms with Gasteiger partial charge in [-0.25, -0.2) is 0 Å². The van der Waals surface area contributed by atoms with Crippen LogP contribution in [0.3, 0.4) is 0 Å². The van der Waals surface area contributed by atoms with Gasteiger partial charge in [0.1, 0.15) is 12.4 Å². The highest BCUT2D eigenvalue weighted by Gasteiger charge is 2.06. The van der Waals surface area contributed by atoms with Gasteiger partial charge >= 0.3 is 0 Å². The SMILES string of the molecule is C/C(=C\Cl)COc1ccccc1[C@@H](C)N. The minimum Gasteiger partial charge on any atom is -0.489 e. The van der Waals surface area contributed by atoms with E-state index in [0.717, 1.165) is 16.9 Å². The maximum atomic E-state index is 5.83. The van der Waals surface area contributed by atoms with Gasteiger partial charge in [-0.2, -0.15) is 0 Å². The molecule has 0 heterocycles. The summed E-state index contributed by atoms with van der Waals surface area (Å²) in [6.07, 6.45) is 0. The number of rotatable bonds is 4. The third-order valence-electron chi connectivity index (χ3n) is 2.05. The molecule has 1 atom stereocenters. The molecule has 0 saturated carbocycles. The van der Waals surface area contributed by atoms with Crippen molar-refractivity contribution in [3.63, 3.8) is 0 Å². The topological polar surface area (TPSA) is 35.2 Å². The molecule has 0 aliphatic heterocycles. The van der Waals surface area contributed by atoms with Crippen LogP contribution in [0, 0.1) is 0 Å². The van der Waals surface area contributed by atoms with Crippen LogP contribution >= 0.6 is 11.6 Å². The molecule has 0 bridgehead atoms. The van der Waals surface area contributed by atoms with Gasteiger partial charge in [0.05, 0.1) is 0 Å². The monoisotopic (exact) mass is 225 g/mol. The van der Waals surface area contributed by atoms with E-state index in [0.29, 0.717) is 6.61 Å². The third kappa shape index (κ3) is 3.57. The zero-order valence-electron chi connectivity index (χ0n) is 9.03. The fourth-order valence-corrected chi connectivity index (χ4v) is 1.27. The molecule has 2 nitrogen and oxygen atoms in total. The summed E-state index contributed by atoms with van der Waals surface area (Å²) in [6.45, 7) is 4.35. The molecule has 0 aliphatic rings. The van der Waals surface area contributed by atoms with Gasteiger partial charge in [-0.1, -0.05) is 29.8 Å². The summed E-state index contributed by atoms with van der Waals surface area (Å²) in [5.74, 6) is 0.824. The maximum Gasteiger partial charge on any atom is 0.124 e. The van der Waals surface area contributed by atoms with Crippen molar-refractivity contribution >= 4 is 11.6 Å². The van der Waals surface area contributed by atoms with Crippen molar-refractivity contribution in [2.24, 2.45) is 5.73 Å². The molecule has 82 valence electrons. The summed E-state index contributed by atoms with van der Waals surface area (Å²) in [7, 11) is 0. The molecular formula is C12H16ClNO. The van der Waals surface area contributed by atoms with Crippen LogP contribution in [-0.4, -0.2) is 6.61 Å². The van der Waals surface area contributed by atoms with E-state index in [1.54, 1.807) is 0 Å². The zero-order valence-corrected chi connectivity index (χ0v) is 9.79. The van der Waals surface area contributed by atoms with E-state index in [9.17, 15) is 0 Å². The van der Waals surface area contributed by atoms with Gasteiger partial charge in [0.25, 0.3) is 0 Å². The number of hydrogen-bond acceptors (Lipinski definition) is 2. The normalized spacial score (nSPS) is 13.7. The number of halogens is 1. The van der Waals surface area contributed by atoms with E-state index >= 15 is 0 Å².